The van der Waals surface area contributed by atoms with Crippen molar-refractivity contribution in [3.8, 4) is 0 Å². The van der Waals surface area contributed by atoms with Crippen molar-refractivity contribution >= 4 is 15.7 Å². The van der Waals surface area contributed by atoms with E-state index in [1.54, 1.807) is 13.8 Å². The van der Waals surface area contributed by atoms with Gasteiger partial charge in [0.25, 0.3) is 0 Å². The van der Waals surface area contributed by atoms with E-state index in [9.17, 15) is 21.6 Å². The van der Waals surface area contributed by atoms with Gasteiger partial charge in [-0.15, -0.1) is 0 Å². The number of rotatable bonds is 5. The first-order valence-electron chi connectivity index (χ1n) is 5.80. The number of sulfonamides is 1. The van der Waals surface area contributed by atoms with Crippen molar-refractivity contribution in [1.29, 1.82) is 0 Å². The van der Waals surface area contributed by atoms with Gasteiger partial charge in [-0.25, -0.2) is 13.1 Å². The lowest BCUT2D eigenvalue weighted by Gasteiger charge is -2.26. The Morgan fingerprint density at radius 2 is 1.70 bits per heavy atom. The fourth-order valence-electron chi connectivity index (χ4n) is 1.74. The van der Waals surface area contributed by atoms with Crippen LogP contribution in [0.3, 0.4) is 0 Å². The monoisotopic (exact) mass is 310 g/mol. The zero-order valence-electron chi connectivity index (χ0n) is 11.4. The van der Waals surface area contributed by atoms with Gasteiger partial charge >= 0.3 is 6.18 Å². The summed E-state index contributed by atoms with van der Waals surface area (Å²) in [6, 6.07) is 5.06. The summed E-state index contributed by atoms with van der Waals surface area (Å²) in [6.45, 7) is 3.18. The zero-order valence-corrected chi connectivity index (χ0v) is 12.2. The van der Waals surface area contributed by atoms with Crippen molar-refractivity contribution in [3.63, 3.8) is 0 Å². The Labute approximate surface area is 116 Å². The zero-order chi connectivity index (χ0) is 15.6. The fraction of sp³-hybridized carbons (Fsp3) is 0.500. The Balaban J connectivity index is 2.86. The van der Waals surface area contributed by atoms with Gasteiger partial charge in [-0.1, -0.05) is 12.1 Å². The van der Waals surface area contributed by atoms with Gasteiger partial charge in [-0.05, 0) is 26.0 Å². The summed E-state index contributed by atoms with van der Waals surface area (Å²) in [5.74, 6) is 0. The molecule has 0 fully saturated rings. The standard InChI is InChI=1S/C12H17F3N2O2S/c1-11(2,17-20(3,18)19)8-16-10-7-5-4-6-9(10)12(13,14)15/h4-7,16-17H,8H2,1-3H3. The van der Waals surface area contributed by atoms with Crippen LogP contribution in [-0.2, 0) is 16.2 Å². The number of hydrogen-bond donors (Lipinski definition) is 2. The number of benzene rings is 1. The Morgan fingerprint density at radius 3 is 2.20 bits per heavy atom. The summed E-state index contributed by atoms with van der Waals surface area (Å²) in [5.41, 5.74) is -1.77. The second-order valence-electron chi connectivity index (χ2n) is 5.16. The minimum Gasteiger partial charge on any atom is -0.383 e. The highest BCUT2D eigenvalue weighted by atomic mass is 32.2. The van der Waals surface area contributed by atoms with Crippen LogP contribution in [0.15, 0.2) is 24.3 Å². The Hall–Kier alpha value is -1.28. The SMILES string of the molecule is CC(C)(CNc1ccccc1C(F)(F)F)NS(C)(=O)=O. The van der Waals surface area contributed by atoms with Gasteiger partial charge in [-0.2, -0.15) is 13.2 Å². The topological polar surface area (TPSA) is 58.2 Å². The summed E-state index contributed by atoms with van der Waals surface area (Å²) in [6.07, 6.45) is -3.46. The first-order valence-corrected chi connectivity index (χ1v) is 7.69. The average molecular weight is 310 g/mol. The predicted molar refractivity (Wildman–Crippen MR) is 72.0 cm³/mol. The van der Waals surface area contributed by atoms with Gasteiger partial charge in [0.2, 0.25) is 10.0 Å². The van der Waals surface area contributed by atoms with Gasteiger partial charge in [0, 0.05) is 17.8 Å². The lowest BCUT2D eigenvalue weighted by atomic mass is 10.1. The van der Waals surface area contributed by atoms with Crippen molar-refractivity contribution in [2.75, 3.05) is 18.1 Å². The van der Waals surface area contributed by atoms with E-state index < -0.39 is 27.3 Å². The van der Waals surface area contributed by atoms with Crippen LogP contribution < -0.4 is 10.0 Å². The number of alkyl halides is 3. The van der Waals surface area contributed by atoms with Gasteiger partial charge in [0.15, 0.2) is 0 Å². The molecule has 114 valence electrons. The van der Waals surface area contributed by atoms with Gasteiger partial charge in [0.05, 0.1) is 11.8 Å². The van der Waals surface area contributed by atoms with Gasteiger partial charge in [-0.3, -0.25) is 0 Å². The third-order valence-electron chi connectivity index (χ3n) is 2.41. The highest BCUT2D eigenvalue weighted by Crippen LogP contribution is 2.34. The molecule has 0 amide bonds. The van der Waals surface area contributed by atoms with E-state index >= 15 is 0 Å². The normalized spacial score (nSPS) is 13.3. The molecule has 0 saturated heterocycles. The first kappa shape index (κ1) is 16.8. The van der Waals surface area contributed by atoms with E-state index in [0.29, 0.717) is 0 Å². The summed E-state index contributed by atoms with van der Waals surface area (Å²) in [4.78, 5) is 0. The van der Waals surface area contributed by atoms with Crippen LogP contribution in [-0.4, -0.2) is 26.8 Å². The van der Waals surface area contributed by atoms with Crippen LogP contribution in [0, 0.1) is 0 Å². The largest absolute Gasteiger partial charge is 0.418 e. The highest BCUT2D eigenvalue weighted by Gasteiger charge is 2.33. The summed E-state index contributed by atoms with van der Waals surface area (Å²) in [5, 5.41) is 2.64. The van der Waals surface area contributed by atoms with Crippen molar-refractivity contribution in [2.24, 2.45) is 0 Å². The van der Waals surface area contributed by atoms with Crippen molar-refractivity contribution in [2.45, 2.75) is 25.6 Å². The van der Waals surface area contributed by atoms with E-state index in [0.717, 1.165) is 12.3 Å². The fourth-order valence-corrected chi connectivity index (χ4v) is 2.81. The number of hydrogen-bond acceptors (Lipinski definition) is 3. The molecule has 0 unspecified atom stereocenters. The summed E-state index contributed by atoms with van der Waals surface area (Å²) >= 11 is 0. The third-order valence-corrected chi connectivity index (χ3v) is 3.34. The molecule has 20 heavy (non-hydrogen) atoms. The van der Waals surface area contributed by atoms with Crippen LogP contribution in [0.4, 0.5) is 18.9 Å². The van der Waals surface area contributed by atoms with Gasteiger partial charge < -0.3 is 5.32 Å². The minimum absolute atomic E-state index is 0.0210. The molecule has 0 aliphatic carbocycles. The van der Waals surface area contributed by atoms with Crippen LogP contribution in [0.2, 0.25) is 0 Å². The minimum atomic E-state index is -4.46. The maximum atomic E-state index is 12.8. The first-order chi connectivity index (χ1) is 8.91. The molecule has 0 aliphatic rings. The van der Waals surface area contributed by atoms with E-state index in [2.05, 4.69) is 10.0 Å². The molecule has 0 heterocycles. The lowest BCUT2D eigenvalue weighted by molar-refractivity contribution is -0.137. The average Bonchev–Trinajstić information content (AvgIpc) is 2.22. The molecule has 0 saturated carbocycles. The molecule has 0 spiro atoms. The molecule has 1 rings (SSSR count). The van der Waals surface area contributed by atoms with Crippen LogP contribution in [0.25, 0.3) is 0 Å². The molecule has 1 aromatic carbocycles. The number of anilines is 1. The van der Waals surface area contributed by atoms with E-state index in [1.165, 1.54) is 18.2 Å². The predicted octanol–water partition coefficient (Wildman–Crippen LogP) is 2.45. The molecule has 0 radical (unpaired) electrons. The molecule has 2 N–H and O–H groups in total. The molecule has 0 aromatic heterocycles. The molecular formula is C12H17F3N2O2S. The van der Waals surface area contributed by atoms with E-state index in [1.807, 2.05) is 0 Å². The molecule has 0 aliphatic heterocycles. The van der Waals surface area contributed by atoms with Crippen molar-refractivity contribution < 1.29 is 21.6 Å². The van der Waals surface area contributed by atoms with Crippen LogP contribution >= 0.6 is 0 Å². The van der Waals surface area contributed by atoms with Crippen molar-refractivity contribution in [3.05, 3.63) is 29.8 Å². The van der Waals surface area contributed by atoms with E-state index in [4.69, 9.17) is 0 Å². The van der Waals surface area contributed by atoms with E-state index in [-0.39, 0.29) is 12.2 Å². The van der Waals surface area contributed by atoms with Crippen molar-refractivity contribution in [1.82, 2.24) is 4.72 Å². The smallest absolute Gasteiger partial charge is 0.383 e. The number of nitrogens with one attached hydrogen (secondary N) is 2. The molecular weight excluding hydrogens is 293 g/mol. The van der Waals surface area contributed by atoms with Crippen LogP contribution in [0.5, 0.6) is 0 Å². The number of halogens is 3. The molecule has 0 atom stereocenters. The lowest BCUT2D eigenvalue weighted by Crippen LogP contribution is -2.47. The second-order valence-corrected chi connectivity index (χ2v) is 6.90. The highest BCUT2D eigenvalue weighted by molar-refractivity contribution is 7.88. The molecule has 1 aromatic rings. The van der Waals surface area contributed by atoms with Gasteiger partial charge in [0.1, 0.15) is 0 Å². The Kier molecular flexibility index (Phi) is 4.70. The quantitative estimate of drug-likeness (QED) is 0.878. The summed E-state index contributed by atoms with van der Waals surface area (Å²) < 4.78 is 63.0. The number of para-hydroxylation sites is 1. The Bertz CT molecular complexity index is 568. The second kappa shape index (κ2) is 5.61. The molecule has 0 bridgehead atoms. The van der Waals surface area contributed by atoms with Crippen LogP contribution in [0.1, 0.15) is 19.4 Å². The molecule has 4 nitrogen and oxygen atoms in total. The third kappa shape index (κ3) is 5.38. The Morgan fingerprint density at radius 1 is 1.15 bits per heavy atom. The summed E-state index contributed by atoms with van der Waals surface area (Å²) in [7, 11) is -3.44. The molecule has 8 heteroatoms. The maximum absolute atomic E-state index is 12.8. The maximum Gasteiger partial charge on any atom is 0.418 e.